The molecule has 1 saturated heterocycles. The van der Waals surface area contributed by atoms with Gasteiger partial charge in [-0.05, 0) is 0 Å². The van der Waals surface area contributed by atoms with Crippen LogP contribution in [0.25, 0.3) is 0 Å². The molecule has 1 unspecified atom stereocenters. The molecule has 0 bridgehead atoms. The monoisotopic (exact) mass is 334 g/mol. The predicted octanol–water partition coefficient (Wildman–Crippen LogP) is 0.191. The number of benzene rings is 1. The third-order valence-corrected chi connectivity index (χ3v) is 5.30. The Kier molecular flexibility index (Phi) is 5.22. The van der Waals surface area contributed by atoms with Gasteiger partial charge in [-0.25, -0.2) is 12.8 Å². The Morgan fingerprint density at radius 1 is 1.36 bits per heavy atom. The van der Waals surface area contributed by atoms with E-state index in [1.54, 1.807) is 0 Å². The summed E-state index contributed by atoms with van der Waals surface area (Å²) in [4.78, 5) is -0.456. The summed E-state index contributed by atoms with van der Waals surface area (Å²) in [6.07, 6.45) is -0.397. The highest BCUT2D eigenvalue weighted by molar-refractivity contribution is 7.89. The van der Waals surface area contributed by atoms with Gasteiger partial charge in [0.1, 0.15) is 10.7 Å². The lowest BCUT2D eigenvalue weighted by Crippen LogP contribution is -2.48. The fourth-order valence-electron chi connectivity index (χ4n) is 2.23. The van der Waals surface area contributed by atoms with Crippen LogP contribution in [0.5, 0.6) is 11.5 Å². The Morgan fingerprint density at radius 3 is 2.59 bits per heavy atom. The minimum absolute atomic E-state index is 0.0899. The van der Waals surface area contributed by atoms with Crippen molar-refractivity contribution < 1.29 is 27.0 Å². The fourth-order valence-corrected chi connectivity index (χ4v) is 3.74. The highest BCUT2D eigenvalue weighted by atomic mass is 32.2. The third-order valence-electron chi connectivity index (χ3n) is 3.42. The van der Waals surface area contributed by atoms with Crippen LogP contribution in [-0.4, -0.2) is 59.3 Å². The number of nitrogens with zero attached hydrogens (tertiary/aromatic N) is 1. The Hall–Kier alpha value is -1.42. The molecule has 0 amide bonds. The van der Waals surface area contributed by atoms with Crippen molar-refractivity contribution in [1.82, 2.24) is 4.31 Å². The maximum absolute atomic E-state index is 14.2. The Morgan fingerprint density at radius 2 is 2.00 bits per heavy atom. The lowest BCUT2D eigenvalue weighted by molar-refractivity contribution is 0.00444. The van der Waals surface area contributed by atoms with Gasteiger partial charge in [-0.1, -0.05) is 0 Å². The standard InChI is InChI=1S/C13H19FN2O5S/c1-19-11-5-10(14)13(6-12(11)20-2)22(17,18)16-3-4-21-9(7-15)8-16/h5-6,9H,3-4,7-8,15H2,1-2H3. The van der Waals surface area contributed by atoms with E-state index in [2.05, 4.69) is 0 Å². The molecule has 124 valence electrons. The molecular weight excluding hydrogens is 315 g/mol. The lowest BCUT2D eigenvalue weighted by atomic mass is 10.3. The summed E-state index contributed by atoms with van der Waals surface area (Å²) in [5.74, 6) is -0.625. The zero-order valence-corrected chi connectivity index (χ0v) is 13.2. The number of hydrogen-bond donors (Lipinski definition) is 1. The molecule has 0 aromatic heterocycles. The summed E-state index contributed by atoms with van der Waals surface area (Å²) in [6, 6.07) is 2.11. The van der Waals surface area contributed by atoms with E-state index in [4.69, 9.17) is 19.9 Å². The van der Waals surface area contributed by atoms with Crippen molar-refractivity contribution in [1.29, 1.82) is 0 Å². The van der Waals surface area contributed by atoms with E-state index in [-0.39, 0.29) is 37.7 Å². The molecule has 1 aromatic rings. The van der Waals surface area contributed by atoms with Crippen LogP contribution in [0, 0.1) is 5.82 Å². The smallest absolute Gasteiger partial charge is 0.246 e. The first-order valence-corrected chi connectivity index (χ1v) is 8.11. The quantitative estimate of drug-likeness (QED) is 0.827. The van der Waals surface area contributed by atoms with Gasteiger partial charge < -0.3 is 19.9 Å². The van der Waals surface area contributed by atoms with E-state index in [0.717, 1.165) is 12.1 Å². The van der Waals surface area contributed by atoms with E-state index < -0.39 is 26.8 Å². The number of ether oxygens (including phenoxy) is 3. The van der Waals surface area contributed by atoms with Gasteiger partial charge in [-0.15, -0.1) is 0 Å². The number of sulfonamides is 1. The van der Waals surface area contributed by atoms with Crippen LogP contribution in [0.15, 0.2) is 17.0 Å². The molecule has 1 aromatic carbocycles. The molecule has 1 fully saturated rings. The number of morpholine rings is 1. The maximum atomic E-state index is 14.2. The molecule has 0 saturated carbocycles. The number of nitrogens with two attached hydrogens (primary N) is 1. The number of rotatable bonds is 5. The Labute approximate surface area is 128 Å². The third kappa shape index (κ3) is 3.17. The van der Waals surface area contributed by atoms with Gasteiger partial charge in [0.2, 0.25) is 10.0 Å². The first kappa shape index (κ1) is 16.9. The summed E-state index contributed by atoms with van der Waals surface area (Å²) < 4.78 is 55.9. The second-order valence-electron chi connectivity index (χ2n) is 4.73. The molecular formula is C13H19FN2O5S. The topological polar surface area (TPSA) is 91.1 Å². The van der Waals surface area contributed by atoms with Crippen molar-refractivity contribution in [2.24, 2.45) is 5.73 Å². The van der Waals surface area contributed by atoms with E-state index in [0.29, 0.717) is 0 Å². The second kappa shape index (κ2) is 6.78. The van der Waals surface area contributed by atoms with Crippen LogP contribution in [-0.2, 0) is 14.8 Å². The first-order valence-electron chi connectivity index (χ1n) is 6.67. The average molecular weight is 334 g/mol. The van der Waals surface area contributed by atoms with Crippen molar-refractivity contribution in [3.63, 3.8) is 0 Å². The number of methoxy groups -OCH3 is 2. The van der Waals surface area contributed by atoms with Crippen molar-refractivity contribution in [2.75, 3.05) is 40.5 Å². The van der Waals surface area contributed by atoms with Gasteiger partial charge in [0, 0.05) is 31.8 Å². The molecule has 2 N–H and O–H groups in total. The summed E-state index contributed by atoms with van der Waals surface area (Å²) in [5, 5.41) is 0. The van der Waals surface area contributed by atoms with E-state index in [1.165, 1.54) is 18.5 Å². The highest BCUT2D eigenvalue weighted by Crippen LogP contribution is 2.33. The van der Waals surface area contributed by atoms with Crippen molar-refractivity contribution in [3.05, 3.63) is 17.9 Å². The fraction of sp³-hybridized carbons (Fsp3) is 0.538. The van der Waals surface area contributed by atoms with Gasteiger partial charge in [0.15, 0.2) is 11.5 Å². The van der Waals surface area contributed by atoms with Gasteiger partial charge >= 0.3 is 0 Å². The molecule has 1 atom stereocenters. The largest absolute Gasteiger partial charge is 0.493 e. The van der Waals surface area contributed by atoms with Gasteiger partial charge in [-0.2, -0.15) is 4.31 Å². The summed E-state index contributed by atoms with van der Waals surface area (Å²) in [6.45, 7) is 0.648. The van der Waals surface area contributed by atoms with E-state index in [1.807, 2.05) is 0 Å². The van der Waals surface area contributed by atoms with Crippen LogP contribution in [0.1, 0.15) is 0 Å². The molecule has 7 nitrogen and oxygen atoms in total. The molecule has 2 rings (SSSR count). The van der Waals surface area contributed by atoms with Crippen molar-refractivity contribution in [2.45, 2.75) is 11.0 Å². The zero-order chi connectivity index (χ0) is 16.3. The second-order valence-corrected chi connectivity index (χ2v) is 6.64. The average Bonchev–Trinajstić information content (AvgIpc) is 2.54. The molecule has 0 aliphatic carbocycles. The maximum Gasteiger partial charge on any atom is 0.246 e. The SMILES string of the molecule is COc1cc(F)c(S(=O)(=O)N2CCOC(CN)C2)cc1OC. The van der Waals surface area contributed by atoms with Crippen molar-refractivity contribution >= 4 is 10.0 Å². The molecule has 1 aliphatic rings. The van der Waals surface area contributed by atoms with Crippen LogP contribution in [0.2, 0.25) is 0 Å². The first-order chi connectivity index (χ1) is 10.4. The molecule has 1 heterocycles. The molecule has 9 heteroatoms. The molecule has 0 radical (unpaired) electrons. The normalized spacial score (nSPS) is 19.9. The van der Waals surface area contributed by atoms with Crippen LogP contribution in [0.4, 0.5) is 4.39 Å². The Bertz CT molecular complexity index is 638. The zero-order valence-electron chi connectivity index (χ0n) is 12.4. The predicted molar refractivity (Wildman–Crippen MR) is 77.1 cm³/mol. The van der Waals surface area contributed by atoms with E-state index >= 15 is 0 Å². The summed E-state index contributed by atoms with van der Waals surface area (Å²) in [5.41, 5.74) is 5.50. The number of halogens is 1. The minimum atomic E-state index is -4.01. The van der Waals surface area contributed by atoms with Crippen LogP contribution >= 0.6 is 0 Å². The van der Waals surface area contributed by atoms with E-state index in [9.17, 15) is 12.8 Å². The lowest BCUT2D eigenvalue weighted by Gasteiger charge is -2.31. The summed E-state index contributed by atoms with van der Waals surface area (Å²) >= 11 is 0. The molecule has 1 aliphatic heterocycles. The van der Waals surface area contributed by atoms with Crippen molar-refractivity contribution in [3.8, 4) is 11.5 Å². The Balaban J connectivity index is 2.40. The van der Waals surface area contributed by atoms with Gasteiger partial charge in [0.25, 0.3) is 0 Å². The highest BCUT2D eigenvalue weighted by Gasteiger charge is 2.33. The minimum Gasteiger partial charge on any atom is -0.493 e. The van der Waals surface area contributed by atoms with Crippen LogP contribution < -0.4 is 15.2 Å². The number of hydrogen-bond acceptors (Lipinski definition) is 6. The van der Waals surface area contributed by atoms with Gasteiger partial charge in [-0.3, -0.25) is 0 Å². The van der Waals surface area contributed by atoms with Gasteiger partial charge in [0.05, 0.1) is 26.9 Å². The summed E-state index contributed by atoms with van der Waals surface area (Å²) in [7, 11) is -1.31. The van der Waals surface area contributed by atoms with Crippen LogP contribution in [0.3, 0.4) is 0 Å². The molecule has 0 spiro atoms. The molecule has 22 heavy (non-hydrogen) atoms.